The van der Waals surface area contributed by atoms with Crippen LogP contribution in [0, 0.1) is 0 Å². The van der Waals surface area contributed by atoms with Gasteiger partial charge in [0.1, 0.15) is 6.26 Å². The molecule has 3 aromatic heterocycles. The molecule has 0 spiro atoms. The van der Waals surface area contributed by atoms with Gasteiger partial charge in [-0.2, -0.15) is 0 Å². The minimum absolute atomic E-state index is 0. The Kier molecular flexibility index (Phi) is 7.74. The second-order valence-corrected chi connectivity index (χ2v) is 8.28. The lowest BCUT2D eigenvalue weighted by molar-refractivity contribution is 0.462. The number of hydrogen-bond acceptors (Lipinski definition) is 6. The molecule has 4 heterocycles. The average molecular weight is 529 g/mol. The first-order valence-corrected chi connectivity index (χ1v) is 10.8. The molecule has 0 bridgehead atoms. The van der Waals surface area contributed by atoms with Crippen LogP contribution in [0.4, 0.5) is 5.00 Å². The first kappa shape index (κ1) is 21.1. The number of nitrogens with zero attached hydrogens (tertiary/aromatic N) is 3. The van der Waals surface area contributed by atoms with Crippen molar-refractivity contribution in [3.05, 3.63) is 47.0 Å². The number of guanidine groups is 1. The van der Waals surface area contributed by atoms with Gasteiger partial charge in [-0.25, -0.2) is 4.98 Å². The van der Waals surface area contributed by atoms with Crippen LogP contribution < -0.4 is 15.5 Å². The lowest BCUT2D eigenvalue weighted by Gasteiger charge is -2.33. The lowest BCUT2D eigenvalue weighted by Crippen LogP contribution is -2.48. The monoisotopic (exact) mass is 529 g/mol. The Hall–Kier alpha value is -1.59. The largest absolute Gasteiger partial charge is 0.443 e. The summed E-state index contributed by atoms with van der Waals surface area (Å²) in [5.74, 6) is 1.48. The Bertz CT molecular complexity index is 855. The summed E-state index contributed by atoms with van der Waals surface area (Å²) in [6.07, 6.45) is 3.91. The van der Waals surface area contributed by atoms with Crippen LogP contribution in [0.2, 0.25) is 0 Å². The highest BCUT2D eigenvalue weighted by Gasteiger charge is 2.20. The van der Waals surface area contributed by atoms with Crippen LogP contribution in [-0.4, -0.2) is 37.1 Å². The maximum atomic E-state index is 5.57. The summed E-state index contributed by atoms with van der Waals surface area (Å²) in [6, 6.07) is 8.76. The average Bonchev–Trinajstić information content (AvgIpc) is 3.47. The predicted molar refractivity (Wildman–Crippen MR) is 128 cm³/mol. The van der Waals surface area contributed by atoms with Crippen LogP contribution in [0.3, 0.4) is 0 Å². The zero-order valence-corrected chi connectivity index (χ0v) is 19.6. The van der Waals surface area contributed by atoms with E-state index in [2.05, 4.69) is 43.0 Å². The van der Waals surface area contributed by atoms with E-state index in [0.29, 0.717) is 18.5 Å². The van der Waals surface area contributed by atoms with Crippen molar-refractivity contribution in [2.45, 2.75) is 25.4 Å². The van der Waals surface area contributed by atoms with Gasteiger partial charge in [-0.05, 0) is 41.8 Å². The first-order chi connectivity index (χ1) is 13.3. The van der Waals surface area contributed by atoms with Crippen molar-refractivity contribution in [3.8, 4) is 10.8 Å². The molecule has 0 amide bonds. The van der Waals surface area contributed by atoms with Crippen LogP contribution in [0.5, 0.6) is 0 Å². The van der Waals surface area contributed by atoms with E-state index in [4.69, 9.17) is 4.42 Å². The highest BCUT2D eigenvalue weighted by molar-refractivity contribution is 14.0. The number of aliphatic imine (C=N–C) groups is 1. The van der Waals surface area contributed by atoms with Crippen molar-refractivity contribution >= 4 is 57.6 Å². The number of aromatic nitrogens is 1. The maximum absolute atomic E-state index is 5.57. The summed E-state index contributed by atoms with van der Waals surface area (Å²) < 4.78 is 5.57. The number of piperidine rings is 1. The fraction of sp³-hybridized carbons (Fsp3) is 0.368. The number of hydrogen-bond donors (Lipinski definition) is 2. The molecule has 1 aliphatic rings. The van der Waals surface area contributed by atoms with E-state index in [1.165, 1.54) is 5.00 Å². The molecule has 0 atom stereocenters. The molecule has 28 heavy (non-hydrogen) atoms. The molecule has 150 valence electrons. The maximum Gasteiger partial charge on any atom is 0.236 e. The third kappa shape index (κ3) is 5.26. The smallest absolute Gasteiger partial charge is 0.236 e. The van der Waals surface area contributed by atoms with Crippen LogP contribution in [-0.2, 0) is 6.54 Å². The summed E-state index contributed by atoms with van der Waals surface area (Å²) in [7, 11) is 1.80. The second kappa shape index (κ2) is 10.3. The number of thiophene rings is 2. The quantitative estimate of drug-likeness (QED) is 0.291. The summed E-state index contributed by atoms with van der Waals surface area (Å²) >= 11 is 3.43. The molecule has 0 aromatic carbocycles. The molecule has 1 saturated heterocycles. The van der Waals surface area contributed by atoms with Crippen molar-refractivity contribution in [1.82, 2.24) is 15.6 Å². The highest BCUT2D eigenvalue weighted by atomic mass is 127. The Morgan fingerprint density at radius 1 is 1.25 bits per heavy atom. The van der Waals surface area contributed by atoms with Crippen LogP contribution in [0.1, 0.15) is 18.5 Å². The molecule has 1 fully saturated rings. The van der Waals surface area contributed by atoms with Crippen molar-refractivity contribution < 1.29 is 4.42 Å². The van der Waals surface area contributed by atoms with Crippen molar-refractivity contribution in [1.29, 1.82) is 0 Å². The minimum atomic E-state index is 0. The summed E-state index contributed by atoms with van der Waals surface area (Å²) in [6.45, 7) is 2.73. The summed E-state index contributed by atoms with van der Waals surface area (Å²) in [4.78, 5) is 12.4. The van der Waals surface area contributed by atoms with E-state index in [9.17, 15) is 0 Å². The molecule has 0 radical (unpaired) electrons. The van der Waals surface area contributed by atoms with Crippen molar-refractivity contribution in [2.24, 2.45) is 4.99 Å². The molecule has 0 saturated carbocycles. The van der Waals surface area contributed by atoms with Gasteiger partial charge in [0.25, 0.3) is 0 Å². The van der Waals surface area contributed by atoms with E-state index in [1.807, 2.05) is 28.8 Å². The predicted octanol–water partition coefficient (Wildman–Crippen LogP) is 4.42. The molecule has 3 aromatic rings. The van der Waals surface area contributed by atoms with Crippen LogP contribution in [0.25, 0.3) is 10.8 Å². The molecule has 4 rings (SSSR count). The second-order valence-electron chi connectivity index (χ2n) is 6.40. The van der Waals surface area contributed by atoms with Crippen LogP contribution >= 0.6 is 46.7 Å². The van der Waals surface area contributed by atoms with E-state index >= 15 is 0 Å². The Morgan fingerprint density at radius 3 is 2.71 bits per heavy atom. The molecular formula is C19H24IN5OS2. The van der Waals surface area contributed by atoms with Gasteiger partial charge >= 0.3 is 0 Å². The normalized spacial score (nSPS) is 15.3. The molecular weight excluding hydrogens is 505 g/mol. The topological polar surface area (TPSA) is 65.7 Å². The Morgan fingerprint density at radius 2 is 2.04 bits per heavy atom. The summed E-state index contributed by atoms with van der Waals surface area (Å²) in [5, 5.41) is 12.4. The summed E-state index contributed by atoms with van der Waals surface area (Å²) in [5.41, 5.74) is 0.869. The molecule has 6 nitrogen and oxygen atoms in total. The van der Waals surface area contributed by atoms with Gasteiger partial charge in [-0.15, -0.1) is 46.7 Å². The zero-order chi connectivity index (χ0) is 18.5. The number of rotatable bonds is 5. The molecule has 2 N–H and O–H groups in total. The van der Waals surface area contributed by atoms with Crippen molar-refractivity contribution in [2.75, 3.05) is 25.0 Å². The molecule has 0 unspecified atom stereocenters. The lowest BCUT2D eigenvalue weighted by atomic mass is 10.1. The highest BCUT2D eigenvalue weighted by Crippen LogP contribution is 2.25. The number of halogens is 1. The van der Waals surface area contributed by atoms with E-state index in [-0.39, 0.29) is 24.0 Å². The first-order valence-electron chi connectivity index (χ1n) is 9.06. The molecule has 0 aliphatic carbocycles. The van der Waals surface area contributed by atoms with Gasteiger partial charge in [0, 0.05) is 26.2 Å². The zero-order valence-electron chi connectivity index (χ0n) is 15.6. The third-order valence-corrected chi connectivity index (χ3v) is 6.38. The van der Waals surface area contributed by atoms with E-state index in [1.54, 1.807) is 24.6 Å². The van der Waals surface area contributed by atoms with Gasteiger partial charge in [0.05, 0.1) is 22.1 Å². The third-order valence-electron chi connectivity index (χ3n) is 4.60. The Labute approximate surface area is 190 Å². The van der Waals surface area contributed by atoms with Gasteiger partial charge < -0.3 is 20.0 Å². The number of nitrogens with one attached hydrogen (secondary N) is 2. The fourth-order valence-electron chi connectivity index (χ4n) is 3.16. The van der Waals surface area contributed by atoms with Gasteiger partial charge in [0.2, 0.25) is 5.89 Å². The standard InChI is InChI=1S/C19H23N5OS2.HI/c1-20-19(21-12-15-13-25-18(22-15)16-4-2-10-26-16)23-14-6-8-24(9-7-14)17-5-3-11-27-17;/h2-5,10-11,13-14H,6-9,12H2,1H3,(H2,20,21,23);1H. The molecule has 1 aliphatic heterocycles. The van der Waals surface area contributed by atoms with Gasteiger partial charge in [0.15, 0.2) is 5.96 Å². The number of oxazole rings is 1. The van der Waals surface area contributed by atoms with Crippen LogP contribution in [0.15, 0.2) is 50.7 Å². The van der Waals surface area contributed by atoms with Crippen molar-refractivity contribution in [3.63, 3.8) is 0 Å². The fourth-order valence-corrected chi connectivity index (χ4v) is 4.60. The van der Waals surface area contributed by atoms with Gasteiger partial charge in [-0.3, -0.25) is 4.99 Å². The number of anilines is 1. The van der Waals surface area contributed by atoms with E-state index < -0.39 is 0 Å². The van der Waals surface area contributed by atoms with Gasteiger partial charge in [-0.1, -0.05) is 6.07 Å². The Balaban J connectivity index is 0.00000225. The SMILES string of the molecule is CN=C(NCc1coc(-c2cccs2)n1)NC1CCN(c2cccs2)CC1.I. The molecule has 9 heteroatoms. The minimum Gasteiger partial charge on any atom is -0.443 e. The van der Waals surface area contributed by atoms with E-state index in [0.717, 1.165) is 42.5 Å².